The molecule has 0 radical (unpaired) electrons. The number of ether oxygens (including phenoxy) is 11. The van der Waals surface area contributed by atoms with E-state index in [-0.39, 0.29) is 0 Å². The van der Waals surface area contributed by atoms with Crippen LogP contribution in [-0.4, -0.2) is 327 Å². The topological polar surface area (TPSA) is 515 Å². The van der Waals surface area contributed by atoms with Crippen molar-refractivity contribution in [2.24, 2.45) is 0 Å². The van der Waals surface area contributed by atoms with Crippen molar-refractivity contribution in [2.75, 3.05) is 39.6 Å². The van der Waals surface area contributed by atoms with Crippen molar-refractivity contribution < 1.29 is 154 Å². The zero-order chi connectivity index (χ0) is 51.6. The van der Waals surface area contributed by atoms with Gasteiger partial charge in [-0.15, -0.1) is 0 Å². The standard InChI is InChI=1S/C38H65NO31/c1-8(46)39-15-28(20(51)13(6-44)60-33(15)59)66-36-30(24(55)18(49)11(4-42)63-36)68-37-31(25(56)19(50)12(5-43)64-37)69-38-32(70-35-27(58)23(54)17(48)10(3-41)62-35)29(21(52)14(7-45)65-38)67-34-26(57)22(53)16(47)9(2-40)61-34/h9-38,40-45,47-59H,2-7H2,1H3,(H,39,46)/t9-,10-,11-,12-,13-,14-,15-,16-,17-,18-,19-,20-,21-,22+,23+,24+,25+,26-,27+,28-,29+,30+,31+,32+,33+,34-,35-,36+,37-,38-/m1/s1. The summed E-state index contributed by atoms with van der Waals surface area (Å²) in [5.74, 6) is -0.786. The number of amides is 1. The molecule has 0 aliphatic carbocycles. The summed E-state index contributed by atoms with van der Waals surface area (Å²) in [6, 6.07) is -1.65. The first-order valence-electron chi connectivity index (χ1n) is 22.1. The highest BCUT2D eigenvalue weighted by Gasteiger charge is 2.59. The van der Waals surface area contributed by atoms with Crippen molar-refractivity contribution in [2.45, 2.75) is 191 Å². The second kappa shape index (κ2) is 24.7. The van der Waals surface area contributed by atoms with Crippen LogP contribution in [0.25, 0.3) is 0 Å². The van der Waals surface area contributed by atoms with Crippen LogP contribution in [0.2, 0.25) is 0 Å². The highest BCUT2D eigenvalue weighted by atomic mass is 16.8. The molecule has 20 N–H and O–H groups in total. The maximum Gasteiger partial charge on any atom is 0.217 e. The van der Waals surface area contributed by atoms with Gasteiger partial charge in [-0.2, -0.15) is 0 Å². The van der Waals surface area contributed by atoms with Crippen LogP contribution in [0.3, 0.4) is 0 Å². The number of carbonyl (C=O) groups is 1. The Labute approximate surface area is 395 Å². The van der Waals surface area contributed by atoms with Gasteiger partial charge in [0.05, 0.1) is 39.6 Å². The molecule has 6 aliphatic rings. The van der Waals surface area contributed by atoms with E-state index in [0.29, 0.717) is 0 Å². The summed E-state index contributed by atoms with van der Waals surface area (Å²) < 4.78 is 63.4. The molecule has 0 spiro atoms. The summed E-state index contributed by atoms with van der Waals surface area (Å²) in [4.78, 5) is 12.2. The van der Waals surface area contributed by atoms with Gasteiger partial charge in [-0.3, -0.25) is 4.79 Å². The highest BCUT2D eigenvalue weighted by Crippen LogP contribution is 2.38. The molecule has 32 heteroatoms. The maximum atomic E-state index is 12.2. The molecule has 0 unspecified atom stereocenters. The van der Waals surface area contributed by atoms with E-state index in [9.17, 15) is 102 Å². The quantitative estimate of drug-likeness (QED) is 0.0643. The number of aliphatic hydroxyl groups is 19. The van der Waals surface area contributed by atoms with Crippen LogP contribution in [0.15, 0.2) is 0 Å². The Kier molecular flexibility index (Phi) is 20.3. The van der Waals surface area contributed by atoms with Crippen LogP contribution >= 0.6 is 0 Å². The zero-order valence-electron chi connectivity index (χ0n) is 37.0. The molecule has 6 heterocycles. The van der Waals surface area contributed by atoms with Gasteiger partial charge in [-0.05, 0) is 0 Å². The molecule has 70 heavy (non-hydrogen) atoms. The van der Waals surface area contributed by atoms with E-state index in [4.69, 9.17) is 52.1 Å². The number of rotatable bonds is 17. The van der Waals surface area contributed by atoms with Crippen LogP contribution in [-0.2, 0) is 56.9 Å². The summed E-state index contributed by atoms with van der Waals surface area (Å²) in [5.41, 5.74) is 0. The molecule has 30 atom stereocenters. The lowest BCUT2D eigenvalue weighted by Gasteiger charge is -2.51. The molecule has 32 nitrogen and oxygen atoms in total. The maximum absolute atomic E-state index is 12.2. The predicted octanol–water partition coefficient (Wildman–Crippen LogP) is -14.0. The molecular formula is C38H65NO31. The molecule has 0 bridgehead atoms. The SMILES string of the molecule is CC(=O)N[C@@H]1[C@@H](O[C@@H]2O[C@H](CO)[C@@H](O)[C@H](O)[C@@H]2O[C@H]2O[C@H](CO)[C@@H](O)[C@H](O)[C@@H]2O[C@H]2O[C@H](CO)[C@@H](O)[C@H](O[C@H]3O[C@H](CO)[C@@H](O)[C@H](O)[C@H]3O)[C@@H]2O[C@H]2O[C@H](CO)[C@@H](O)[C@H](O)[C@@H]2O)[C@H](O)[C@@H](CO)O[C@@H]1O. The van der Waals surface area contributed by atoms with Gasteiger partial charge in [-0.1, -0.05) is 0 Å². The third-order valence-corrected chi connectivity index (χ3v) is 12.8. The zero-order valence-corrected chi connectivity index (χ0v) is 37.0. The monoisotopic (exact) mass is 1030 g/mol. The van der Waals surface area contributed by atoms with Crippen LogP contribution in [0.4, 0.5) is 0 Å². The minimum absolute atomic E-state index is 0.786. The van der Waals surface area contributed by atoms with Gasteiger partial charge in [0, 0.05) is 6.92 Å². The molecule has 6 fully saturated rings. The molecule has 0 aromatic rings. The largest absolute Gasteiger partial charge is 0.394 e. The lowest BCUT2D eigenvalue weighted by molar-refractivity contribution is -0.418. The molecule has 408 valence electrons. The van der Waals surface area contributed by atoms with Crippen molar-refractivity contribution in [1.29, 1.82) is 0 Å². The van der Waals surface area contributed by atoms with E-state index in [2.05, 4.69) is 5.32 Å². The number of nitrogens with one attached hydrogen (secondary N) is 1. The van der Waals surface area contributed by atoms with Crippen LogP contribution in [0, 0.1) is 0 Å². The Morgan fingerprint density at radius 3 is 1.01 bits per heavy atom. The molecule has 0 aromatic heterocycles. The van der Waals surface area contributed by atoms with Gasteiger partial charge in [0.1, 0.15) is 146 Å². The van der Waals surface area contributed by atoms with Crippen molar-refractivity contribution in [1.82, 2.24) is 5.32 Å². The average Bonchev–Trinajstić information content (AvgIpc) is 3.34. The summed E-state index contributed by atoms with van der Waals surface area (Å²) in [6.07, 6.45) is -58.7. The number of hydrogen-bond acceptors (Lipinski definition) is 31. The minimum atomic E-state index is -2.30. The van der Waals surface area contributed by atoms with Crippen molar-refractivity contribution >= 4 is 5.91 Å². The fraction of sp³-hybridized carbons (Fsp3) is 0.974. The van der Waals surface area contributed by atoms with E-state index in [0.717, 1.165) is 6.92 Å². The highest BCUT2D eigenvalue weighted by molar-refractivity contribution is 5.73. The van der Waals surface area contributed by atoms with Crippen LogP contribution < -0.4 is 5.32 Å². The number of aliphatic hydroxyl groups excluding tert-OH is 19. The first-order valence-corrected chi connectivity index (χ1v) is 22.1. The summed E-state index contributed by atoms with van der Waals surface area (Å²) >= 11 is 0. The van der Waals surface area contributed by atoms with Gasteiger partial charge >= 0.3 is 0 Å². The first kappa shape index (κ1) is 57.5. The number of carbonyl (C=O) groups excluding carboxylic acids is 1. The number of hydrogen-bond donors (Lipinski definition) is 20. The smallest absolute Gasteiger partial charge is 0.217 e. The molecule has 0 saturated carbocycles. The summed E-state index contributed by atoms with van der Waals surface area (Å²) in [6.45, 7) is -5.01. The van der Waals surface area contributed by atoms with Crippen LogP contribution in [0.1, 0.15) is 6.92 Å². The Morgan fingerprint density at radius 1 is 0.343 bits per heavy atom. The fourth-order valence-electron chi connectivity index (χ4n) is 8.84. The molecule has 6 saturated heterocycles. The van der Waals surface area contributed by atoms with Crippen LogP contribution in [0.5, 0.6) is 0 Å². The summed E-state index contributed by atoms with van der Waals surface area (Å²) in [7, 11) is 0. The second-order valence-corrected chi connectivity index (χ2v) is 17.5. The lowest BCUT2D eigenvalue weighted by atomic mass is 9.94. The van der Waals surface area contributed by atoms with Gasteiger partial charge in [0.15, 0.2) is 37.7 Å². The Bertz CT molecular complexity index is 1630. The van der Waals surface area contributed by atoms with Gasteiger partial charge in [0.2, 0.25) is 5.91 Å². The Balaban J connectivity index is 1.38. The van der Waals surface area contributed by atoms with E-state index in [1.165, 1.54) is 0 Å². The second-order valence-electron chi connectivity index (χ2n) is 17.5. The van der Waals surface area contributed by atoms with Crippen molar-refractivity contribution in [3.63, 3.8) is 0 Å². The fourth-order valence-corrected chi connectivity index (χ4v) is 8.84. The average molecular weight is 1030 g/mol. The van der Waals surface area contributed by atoms with Gasteiger partial charge in [0.25, 0.3) is 0 Å². The summed E-state index contributed by atoms with van der Waals surface area (Å²) in [5, 5.41) is 205. The van der Waals surface area contributed by atoms with Gasteiger partial charge in [-0.25, -0.2) is 0 Å². The minimum Gasteiger partial charge on any atom is -0.394 e. The molecule has 6 aliphatic heterocycles. The predicted molar refractivity (Wildman–Crippen MR) is 211 cm³/mol. The molecule has 0 aromatic carbocycles. The van der Waals surface area contributed by atoms with E-state index in [1.807, 2.05) is 0 Å². The van der Waals surface area contributed by atoms with Gasteiger partial charge < -0.3 is 154 Å². The Hall–Kier alpha value is -1.73. The molecule has 1 amide bonds. The normalized spacial score (nSPS) is 51.5. The first-order chi connectivity index (χ1) is 33.2. The molecular weight excluding hydrogens is 966 g/mol. The lowest BCUT2D eigenvalue weighted by Crippen LogP contribution is -2.70. The Morgan fingerprint density at radius 2 is 0.629 bits per heavy atom. The van der Waals surface area contributed by atoms with Crippen molar-refractivity contribution in [3.8, 4) is 0 Å². The van der Waals surface area contributed by atoms with E-state index >= 15 is 0 Å². The van der Waals surface area contributed by atoms with Crippen molar-refractivity contribution in [3.05, 3.63) is 0 Å². The van der Waals surface area contributed by atoms with E-state index < -0.39 is 230 Å². The third-order valence-electron chi connectivity index (χ3n) is 12.8. The third kappa shape index (κ3) is 11.9. The van der Waals surface area contributed by atoms with E-state index in [1.54, 1.807) is 0 Å². The molecule has 6 rings (SSSR count).